The maximum Gasteiger partial charge on any atom is 0.210 e. The zero-order valence-electron chi connectivity index (χ0n) is 19.5. The Balaban J connectivity index is 1.36. The summed E-state index contributed by atoms with van der Waals surface area (Å²) >= 11 is 0. The molecule has 1 heterocycles. The van der Waals surface area contributed by atoms with E-state index in [4.69, 9.17) is 18.9 Å². The van der Waals surface area contributed by atoms with Crippen LogP contribution >= 0.6 is 0 Å². The summed E-state index contributed by atoms with van der Waals surface area (Å²) in [7, 11) is 1.61. The summed E-state index contributed by atoms with van der Waals surface area (Å²) < 4.78 is 22.7. The van der Waals surface area contributed by atoms with E-state index in [2.05, 4.69) is 39.0 Å². The monoisotopic (exact) mass is 444 g/mol. The van der Waals surface area contributed by atoms with Gasteiger partial charge in [-0.25, -0.2) is 0 Å². The fraction of sp³-hybridized carbons (Fsp3) is 0.321. The summed E-state index contributed by atoms with van der Waals surface area (Å²) in [5, 5.41) is 0. The number of rotatable bonds is 7. The van der Waals surface area contributed by atoms with Gasteiger partial charge in [-0.05, 0) is 91.3 Å². The van der Waals surface area contributed by atoms with Gasteiger partial charge in [0.1, 0.15) is 23.9 Å². The molecule has 5 nitrogen and oxygen atoms in total. The number of carbonyl (C=O) groups is 1. The van der Waals surface area contributed by atoms with Crippen molar-refractivity contribution >= 4 is 5.78 Å². The number of fused-ring (bicyclic) bond motifs is 1. The van der Waals surface area contributed by atoms with Crippen LogP contribution in [0.25, 0.3) is 11.1 Å². The molecule has 3 aromatic rings. The Bertz CT molecular complexity index is 1220. The molecular formula is C28H28O5. The summed E-state index contributed by atoms with van der Waals surface area (Å²) in [5.41, 5.74) is 7.07. The first-order valence-electron chi connectivity index (χ1n) is 11.2. The molecule has 1 spiro atoms. The van der Waals surface area contributed by atoms with Crippen molar-refractivity contribution in [1.29, 1.82) is 0 Å². The summed E-state index contributed by atoms with van der Waals surface area (Å²) in [5.74, 6) is 2.26. The SMILES string of the molecule is COCOc1cc(C)c(-c2cccc(COc3ccc4c(c3)OC3(CC3)C4=O)c2C)c(C)c1. The van der Waals surface area contributed by atoms with Crippen LogP contribution in [-0.2, 0) is 11.3 Å². The molecule has 5 heteroatoms. The fourth-order valence-corrected chi connectivity index (χ4v) is 4.64. The Morgan fingerprint density at radius 2 is 1.67 bits per heavy atom. The Morgan fingerprint density at radius 3 is 2.36 bits per heavy atom. The molecule has 0 saturated heterocycles. The van der Waals surface area contributed by atoms with Crippen molar-refractivity contribution in [3.05, 3.63) is 76.3 Å². The van der Waals surface area contributed by atoms with Crippen LogP contribution in [0.1, 0.15) is 45.5 Å². The molecule has 1 aliphatic carbocycles. The Kier molecular flexibility index (Phi) is 5.37. The Morgan fingerprint density at radius 1 is 0.909 bits per heavy atom. The lowest BCUT2D eigenvalue weighted by Crippen LogP contribution is -2.21. The second kappa shape index (κ2) is 8.23. The van der Waals surface area contributed by atoms with Gasteiger partial charge < -0.3 is 18.9 Å². The highest BCUT2D eigenvalue weighted by Crippen LogP contribution is 2.50. The molecule has 2 aliphatic rings. The summed E-state index contributed by atoms with van der Waals surface area (Å²) in [4.78, 5) is 12.4. The van der Waals surface area contributed by atoms with Crippen LogP contribution in [0.3, 0.4) is 0 Å². The lowest BCUT2D eigenvalue weighted by atomic mass is 9.90. The van der Waals surface area contributed by atoms with Crippen LogP contribution in [0.5, 0.6) is 17.2 Å². The molecule has 170 valence electrons. The molecule has 0 amide bonds. The Hall–Kier alpha value is -3.31. The molecular weight excluding hydrogens is 416 g/mol. The molecule has 0 radical (unpaired) electrons. The summed E-state index contributed by atoms with van der Waals surface area (Å²) in [6, 6.07) is 15.9. The lowest BCUT2D eigenvalue weighted by molar-refractivity contribution is 0.0510. The van der Waals surface area contributed by atoms with Crippen LogP contribution in [0.15, 0.2) is 48.5 Å². The highest BCUT2D eigenvalue weighted by Gasteiger charge is 2.57. The zero-order chi connectivity index (χ0) is 23.2. The third kappa shape index (κ3) is 3.87. The molecule has 0 atom stereocenters. The van der Waals surface area contributed by atoms with E-state index in [-0.39, 0.29) is 12.6 Å². The molecule has 1 fully saturated rings. The molecule has 5 rings (SSSR count). The van der Waals surface area contributed by atoms with E-state index in [1.54, 1.807) is 7.11 Å². The van der Waals surface area contributed by atoms with E-state index in [0.29, 0.717) is 23.7 Å². The highest BCUT2D eigenvalue weighted by atomic mass is 16.7. The van der Waals surface area contributed by atoms with Gasteiger partial charge in [0.25, 0.3) is 0 Å². The van der Waals surface area contributed by atoms with Gasteiger partial charge in [0.15, 0.2) is 12.4 Å². The number of benzene rings is 3. The number of ketones is 1. The van der Waals surface area contributed by atoms with Crippen LogP contribution in [0.4, 0.5) is 0 Å². The largest absolute Gasteiger partial charge is 0.489 e. The highest BCUT2D eigenvalue weighted by molar-refractivity contribution is 6.09. The van der Waals surface area contributed by atoms with Crippen molar-refractivity contribution in [2.75, 3.05) is 13.9 Å². The Labute approximate surface area is 194 Å². The number of methoxy groups -OCH3 is 1. The van der Waals surface area contributed by atoms with Crippen LogP contribution in [0.2, 0.25) is 0 Å². The van der Waals surface area contributed by atoms with Gasteiger partial charge in [-0.1, -0.05) is 18.2 Å². The van der Waals surface area contributed by atoms with Crippen LogP contribution in [-0.4, -0.2) is 25.3 Å². The zero-order valence-corrected chi connectivity index (χ0v) is 19.5. The number of aryl methyl sites for hydroxylation is 2. The van der Waals surface area contributed by atoms with Gasteiger partial charge in [0.05, 0.1) is 5.56 Å². The number of Topliss-reactive ketones (excluding diaryl/α,β-unsaturated/α-hetero) is 1. The maximum absolute atomic E-state index is 12.4. The van der Waals surface area contributed by atoms with Crippen LogP contribution < -0.4 is 14.2 Å². The first-order valence-corrected chi connectivity index (χ1v) is 11.2. The number of ether oxygens (including phenoxy) is 4. The lowest BCUT2D eigenvalue weighted by Gasteiger charge is -2.18. The minimum atomic E-state index is -0.578. The molecule has 0 aromatic heterocycles. The molecule has 3 aromatic carbocycles. The van der Waals surface area contributed by atoms with E-state index in [1.165, 1.54) is 16.7 Å². The first kappa shape index (κ1) is 21.5. The van der Waals surface area contributed by atoms with Gasteiger partial charge in [-0.3, -0.25) is 4.79 Å². The van der Waals surface area contributed by atoms with E-state index in [1.807, 2.05) is 30.3 Å². The van der Waals surface area contributed by atoms with E-state index >= 15 is 0 Å². The van der Waals surface area contributed by atoms with Crippen molar-refractivity contribution in [2.45, 2.75) is 45.8 Å². The average Bonchev–Trinajstić information content (AvgIpc) is 3.52. The maximum atomic E-state index is 12.4. The number of hydrogen-bond acceptors (Lipinski definition) is 5. The van der Waals surface area contributed by atoms with E-state index in [9.17, 15) is 4.79 Å². The van der Waals surface area contributed by atoms with Gasteiger partial charge in [-0.15, -0.1) is 0 Å². The second-order valence-electron chi connectivity index (χ2n) is 8.94. The molecule has 0 bridgehead atoms. The van der Waals surface area contributed by atoms with Crippen LogP contribution in [0, 0.1) is 20.8 Å². The summed E-state index contributed by atoms with van der Waals surface area (Å²) in [6.45, 7) is 6.99. The average molecular weight is 445 g/mol. The molecule has 0 N–H and O–H groups in total. The third-order valence-electron chi connectivity index (χ3n) is 6.58. The minimum Gasteiger partial charge on any atom is -0.489 e. The van der Waals surface area contributed by atoms with Crippen molar-refractivity contribution in [3.8, 4) is 28.4 Å². The van der Waals surface area contributed by atoms with Crippen molar-refractivity contribution < 1.29 is 23.7 Å². The first-order chi connectivity index (χ1) is 15.9. The minimum absolute atomic E-state index is 0.108. The van der Waals surface area contributed by atoms with Gasteiger partial charge in [0.2, 0.25) is 5.78 Å². The van der Waals surface area contributed by atoms with Crippen molar-refractivity contribution in [1.82, 2.24) is 0 Å². The predicted octanol–water partition coefficient (Wildman–Crippen LogP) is 5.95. The van der Waals surface area contributed by atoms with E-state index in [0.717, 1.165) is 35.3 Å². The van der Waals surface area contributed by atoms with Crippen molar-refractivity contribution in [3.63, 3.8) is 0 Å². The molecule has 0 unspecified atom stereocenters. The normalized spacial score (nSPS) is 15.3. The van der Waals surface area contributed by atoms with Gasteiger partial charge in [-0.2, -0.15) is 0 Å². The fourth-order valence-electron chi connectivity index (χ4n) is 4.64. The topological polar surface area (TPSA) is 54.0 Å². The smallest absolute Gasteiger partial charge is 0.210 e. The van der Waals surface area contributed by atoms with Crippen molar-refractivity contribution in [2.24, 2.45) is 0 Å². The number of carbonyl (C=O) groups excluding carboxylic acids is 1. The second-order valence-corrected chi connectivity index (χ2v) is 8.94. The standard InChI is InChI=1S/C28H28O5/c1-17-12-22(32-16-30-4)13-18(2)26(17)23-7-5-6-20(19(23)3)15-31-21-8-9-24-25(14-21)33-28(10-11-28)27(24)29/h5-9,12-14H,10-11,15-16H2,1-4H3. The van der Waals surface area contributed by atoms with Gasteiger partial charge >= 0.3 is 0 Å². The third-order valence-corrected chi connectivity index (χ3v) is 6.58. The van der Waals surface area contributed by atoms with E-state index < -0.39 is 5.60 Å². The molecule has 1 aliphatic heterocycles. The quantitative estimate of drug-likeness (QED) is 0.422. The molecule has 1 saturated carbocycles. The number of hydrogen-bond donors (Lipinski definition) is 0. The molecule has 33 heavy (non-hydrogen) atoms. The summed E-state index contributed by atoms with van der Waals surface area (Å²) in [6.07, 6.45) is 1.61. The predicted molar refractivity (Wildman–Crippen MR) is 126 cm³/mol. The van der Waals surface area contributed by atoms with Gasteiger partial charge in [0, 0.05) is 13.2 Å².